The van der Waals surface area contributed by atoms with E-state index in [0.717, 1.165) is 11.3 Å². The summed E-state index contributed by atoms with van der Waals surface area (Å²) in [5.41, 5.74) is 5.57. The molecule has 3 rings (SSSR count). The van der Waals surface area contributed by atoms with E-state index in [1.165, 1.54) is 23.1 Å². The number of rotatable bonds is 4. The van der Waals surface area contributed by atoms with Crippen LogP contribution in [0.3, 0.4) is 0 Å². The molecular weight excluding hydrogens is 339 g/mol. The number of ether oxygens (including phenoxy) is 2. The number of aliphatic hydroxyl groups excluding tert-OH is 1. The first-order valence-electron chi connectivity index (χ1n) is 6.94. The van der Waals surface area contributed by atoms with Gasteiger partial charge in [-0.3, -0.25) is 4.90 Å². The van der Waals surface area contributed by atoms with Gasteiger partial charge in [0.2, 0.25) is 0 Å². The van der Waals surface area contributed by atoms with Crippen molar-refractivity contribution in [2.45, 2.75) is 6.10 Å². The second-order valence-corrected chi connectivity index (χ2v) is 6.05. The SMILES string of the molecule is NC(=O)Oc1ccc(-c2ccc(N3CC(CO)OC3=O)cc2F)s1. The summed E-state index contributed by atoms with van der Waals surface area (Å²) >= 11 is 1.07. The smallest absolute Gasteiger partial charge is 0.414 e. The molecule has 3 N–H and O–H groups in total. The Hall–Kier alpha value is -2.65. The van der Waals surface area contributed by atoms with E-state index in [0.29, 0.717) is 16.1 Å². The zero-order valence-electron chi connectivity index (χ0n) is 12.3. The number of thiophene rings is 1. The summed E-state index contributed by atoms with van der Waals surface area (Å²) in [4.78, 5) is 24.3. The molecule has 24 heavy (non-hydrogen) atoms. The molecule has 7 nitrogen and oxygen atoms in total. The molecule has 2 heterocycles. The Labute approximate surface area is 140 Å². The number of nitrogens with zero attached hydrogens (tertiary/aromatic N) is 1. The molecule has 1 atom stereocenters. The van der Waals surface area contributed by atoms with Crippen LogP contribution in [0.5, 0.6) is 5.06 Å². The van der Waals surface area contributed by atoms with Crippen LogP contribution in [0.1, 0.15) is 0 Å². The highest BCUT2D eigenvalue weighted by atomic mass is 32.1. The first-order valence-corrected chi connectivity index (χ1v) is 7.75. The predicted molar refractivity (Wildman–Crippen MR) is 84.6 cm³/mol. The third kappa shape index (κ3) is 3.17. The Bertz CT molecular complexity index is 794. The molecule has 0 radical (unpaired) electrons. The Morgan fingerprint density at radius 2 is 2.25 bits per heavy atom. The number of amides is 2. The highest BCUT2D eigenvalue weighted by molar-refractivity contribution is 7.17. The van der Waals surface area contributed by atoms with Gasteiger partial charge < -0.3 is 20.3 Å². The van der Waals surface area contributed by atoms with Crippen molar-refractivity contribution in [2.75, 3.05) is 18.1 Å². The van der Waals surface area contributed by atoms with Gasteiger partial charge in [0.15, 0.2) is 5.06 Å². The van der Waals surface area contributed by atoms with Crippen LogP contribution >= 0.6 is 11.3 Å². The van der Waals surface area contributed by atoms with Gasteiger partial charge in [-0.15, -0.1) is 0 Å². The van der Waals surface area contributed by atoms with E-state index in [9.17, 15) is 14.0 Å². The second kappa shape index (κ2) is 6.46. The molecule has 0 aliphatic carbocycles. The summed E-state index contributed by atoms with van der Waals surface area (Å²) < 4.78 is 24.1. The fourth-order valence-corrected chi connectivity index (χ4v) is 3.21. The standard InChI is InChI=1S/C15H13FN2O5S/c16-11-5-8(18-6-9(7-19)22-15(18)21)1-2-10(11)12-3-4-13(24-12)23-14(17)20/h1-5,9,19H,6-7H2,(H2,17,20). The number of nitrogens with two attached hydrogens (primary N) is 1. The molecule has 0 bridgehead atoms. The first-order chi connectivity index (χ1) is 11.5. The van der Waals surface area contributed by atoms with Gasteiger partial charge >= 0.3 is 12.2 Å². The fourth-order valence-electron chi connectivity index (χ4n) is 2.32. The van der Waals surface area contributed by atoms with Crippen LogP contribution in [0, 0.1) is 5.82 Å². The molecule has 1 aromatic carbocycles. The number of primary amides is 1. The maximum absolute atomic E-state index is 14.4. The van der Waals surface area contributed by atoms with E-state index in [-0.39, 0.29) is 18.2 Å². The molecule has 1 saturated heterocycles. The first kappa shape index (κ1) is 16.2. The summed E-state index contributed by atoms with van der Waals surface area (Å²) in [5, 5.41) is 9.30. The predicted octanol–water partition coefficient (Wildman–Crippen LogP) is 2.33. The van der Waals surface area contributed by atoms with Gasteiger partial charge in [0, 0.05) is 10.4 Å². The molecule has 126 valence electrons. The highest BCUT2D eigenvalue weighted by Gasteiger charge is 2.32. The van der Waals surface area contributed by atoms with Crippen molar-refractivity contribution in [3.05, 3.63) is 36.1 Å². The van der Waals surface area contributed by atoms with E-state index < -0.39 is 24.1 Å². The summed E-state index contributed by atoms with van der Waals surface area (Å²) in [6.07, 6.45) is -2.19. The topological polar surface area (TPSA) is 102 Å². The lowest BCUT2D eigenvalue weighted by atomic mass is 10.1. The van der Waals surface area contributed by atoms with Gasteiger partial charge in [-0.2, -0.15) is 0 Å². The van der Waals surface area contributed by atoms with Gasteiger partial charge in [-0.05, 0) is 30.3 Å². The van der Waals surface area contributed by atoms with Crippen molar-refractivity contribution in [3.63, 3.8) is 0 Å². The van der Waals surface area contributed by atoms with Gasteiger partial charge in [0.1, 0.15) is 11.9 Å². The average Bonchev–Trinajstić information content (AvgIpc) is 3.13. The van der Waals surface area contributed by atoms with Gasteiger partial charge in [0.25, 0.3) is 0 Å². The summed E-state index contributed by atoms with van der Waals surface area (Å²) in [6, 6.07) is 7.43. The van der Waals surface area contributed by atoms with Crippen molar-refractivity contribution in [1.29, 1.82) is 0 Å². The van der Waals surface area contributed by atoms with Crippen LogP contribution in [-0.4, -0.2) is 36.5 Å². The number of hydrogen-bond donors (Lipinski definition) is 2. The number of aliphatic hydroxyl groups is 1. The van der Waals surface area contributed by atoms with Crippen LogP contribution in [0.2, 0.25) is 0 Å². The molecular formula is C15H13FN2O5S. The number of cyclic esters (lactones) is 1. The van der Waals surface area contributed by atoms with Gasteiger partial charge in [0.05, 0.1) is 18.8 Å². The lowest BCUT2D eigenvalue weighted by Gasteiger charge is -2.13. The lowest BCUT2D eigenvalue weighted by molar-refractivity contribution is 0.0963. The monoisotopic (exact) mass is 352 g/mol. The second-order valence-electron chi connectivity index (χ2n) is 5.00. The molecule has 1 fully saturated rings. The molecule has 2 amide bonds. The minimum atomic E-state index is -0.940. The van der Waals surface area contributed by atoms with Crippen LogP contribution in [0.25, 0.3) is 10.4 Å². The molecule has 1 aliphatic rings. The van der Waals surface area contributed by atoms with Crippen molar-refractivity contribution >= 4 is 29.2 Å². The van der Waals surface area contributed by atoms with Crippen molar-refractivity contribution in [1.82, 2.24) is 0 Å². The summed E-state index contributed by atoms with van der Waals surface area (Å²) in [6.45, 7) is -0.135. The van der Waals surface area contributed by atoms with E-state index >= 15 is 0 Å². The maximum atomic E-state index is 14.4. The van der Waals surface area contributed by atoms with E-state index in [2.05, 4.69) is 0 Å². The largest absolute Gasteiger partial charge is 0.441 e. The number of anilines is 1. The van der Waals surface area contributed by atoms with Crippen LogP contribution in [0.4, 0.5) is 19.7 Å². The number of hydrogen-bond acceptors (Lipinski definition) is 6. The number of benzene rings is 1. The van der Waals surface area contributed by atoms with Crippen molar-refractivity contribution in [3.8, 4) is 15.5 Å². The van der Waals surface area contributed by atoms with E-state index in [4.69, 9.17) is 20.3 Å². The van der Waals surface area contributed by atoms with Crippen LogP contribution in [0.15, 0.2) is 30.3 Å². The Balaban J connectivity index is 1.84. The quantitative estimate of drug-likeness (QED) is 0.879. The molecule has 0 saturated carbocycles. The number of halogens is 1. The minimum absolute atomic E-state index is 0.156. The number of carbonyl (C=O) groups is 2. The summed E-state index contributed by atoms with van der Waals surface area (Å²) in [7, 11) is 0. The average molecular weight is 352 g/mol. The molecule has 9 heteroatoms. The van der Waals surface area contributed by atoms with E-state index in [1.54, 1.807) is 12.1 Å². The van der Waals surface area contributed by atoms with Crippen LogP contribution < -0.4 is 15.4 Å². The van der Waals surface area contributed by atoms with Gasteiger partial charge in [-0.25, -0.2) is 14.0 Å². The molecule has 1 aliphatic heterocycles. The van der Waals surface area contributed by atoms with E-state index in [1.807, 2.05) is 0 Å². The van der Waals surface area contributed by atoms with Crippen molar-refractivity contribution < 1.29 is 28.6 Å². The van der Waals surface area contributed by atoms with Gasteiger partial charge in [-0.1, -0.05) is 11.3 Å². The summed E-state index contributed by atoms with van der Waals surface area (Å²) in [5.74, 6) is -0.541. The fraction of sp³-hybridized carbons (Fsp3) is 0.200. The Morgan fingerprint density at radius 3 is 2.88 bits per heavy atom. The zero-order valence-corrected chi connectivity index (χ0v) is 13.1. The molecule has 2 aromatic rings. The third-order valence-electron chi connectivity index (χ3n) is 3.39. The van der Waals surface area contributed by atoms with Crippen LogP contribution in [-0.2, 0) is 4.74 Å². The minimum Gasteiger partial charge on any atom is -0.441 e. The normalized spacial score (nSPS) is 17.0. The molecule has 1 unspecified atom stereocenters. The molecule has 0 spiro atoms. The lowest BCUT2D eigenvalue weighted by Crippen LogP contribution is -2.25. The number of carbonyl (C=O) groups excluding carboxylic acids is 2. The third-order valence-corrected chi connectivity index (χ3v) is 4.39. The molecule has 1 aromatic heterocycles. The zero-order chi connectivity index (χ0) is 17.3. The Morgan fingerprint density at radius 1 is 1.46 bits per heavy atom. The Kier molecular flexibility index (Phi) is 4.36. The highest BCUT2D eigenvalue weighted by Crippen LogP contribution is 2.36. The maximum Gasteiger partial charge on any atom is 0.414 e. The van der Waals surface area contributed by atoms with Crippen molar-refractivity contribution in [2.24, 2.45) is 5.73 Å².